The minimum Gasteiger partial charge on any atom is -0.464 e. The summed E-state index contributed by atoms with van der Waals surface area (Å²) in [5.41, 5.74) is -0.265. The van der Waals surface area contributed by atoms with E-state index in [0.717, 1.165) is 11.1 Å². The molecule has 6 heteroatoms. The SMILES string of the molecule is Cc1ccc(CN(C)C(=O)Cn2ncc3ccccc3c2=O)o1. The van der Waals surface area contributed by atoms with Crippen LogP contribution in [-0.4, -0.2) is 27.6 Å². The number of likely N-dealkylation sites (N-methyl/N-ethyl adjacent to an activating group) is 1. The number of benzene rings is 1. The van der Waals surface area contributed by atoms with Crippen molar-refractivity contribution in [2.45, 2.75) is 20.0 Å². The summed E-state index contributed by atoms with van der Waals surface area (Å²) in [5.74, 6) is 1.30. The van der Waals surface area contributed by atoms with Crippen LogP contribution in [0.3, 0.4) is 0 Å². The molecular formula is C17H17N3O3. The summed E-state index contributed by atoms with van der Waals surface area (Å²) in [6, 6.07) is 10.9. The van der Waals surface area contributed by atoms with Crippen LogP contribution in [0.5, 0.6) is 0 Å². The van der Waals surface area contributed by atoms with Gasteiger partial charge in [-0.3, -0.25) is 9.59 Å². The zero-order chi connectivity index (χ0) is 16.4. The summed E-state index contributed by atoms with van der Waals surface area (Å²) in [4.78, 5) is 26.2. The second-order valence-electron chi connectivity index (χ2n) is 5.46. The highest BCUT2D eigenvalue weighted by atomic mass is 16.3. The Morgan fingerprint density at radius 3 is 2.78 bits per heavy atom. The molecule has 0 N–H and O–H groups in total. The summed E-state index contributed by atoms with van der Waals surface area (Å²) >= 11 is 0. The Hall–Kier alpha value is -2.89. The molecule has 2 aromatic heterocycles. The summed E-state index contributed by atoms with van der Waals surface area (Å²) in [7, 11) is 1.67. The molecule has 0 fully saturated rings. The third-order valence-corrected chi connectivity index (χ3v) is 3.66. The molecule has 0 aliphatic rings. The fourth-order valence-electron chi connectivity index (χ4n) is 2.38. The lowest BCUT2D eigenvalue weighted by atomic mass is 10.2. The van der Waals surface area contributed by atoms with E-state index < -0.39 is 0 Å². The molecule has 1 amide bonds. The number of fused-ring (bicyclic) bond motifs is 1. The van der Waals surface area contributed by atoms with Gasteiger partial charge in [0.05, 0.1) is 18.1 Å². The fraction of sp³-hybridized carbons (Fsp3) is 0.235. The van der Waals surface area contributed by atoms with Crippen LogP contribution >= 0.6 is 0 Å². The number of hydrogen-bond donors (Lipinski definition) is 0. The number of aromatic nitrogens is 2. The zero-order valence-electron chi connectivity index (χ0n) is 13.0. The van der Waals surface area contributed by atoms with Gasteiger partial charge in [0.2, 0.25) is 5.91 Å². The first-order valence-corrected chi connectivity index (χ1v) is 7.29. The Bertz CT molecular complexity index is 911. The Kier molecular flexibility index (Phi) is 3.97. The molecule has 3 aromatic rings. The number of hydrogen-bond acceptors (Lipinski definition) is 4. The van der Waals surface area contributed by atoms with Crippen molar-refractivity contribution < 1.29 is 9.21 Å². The van der Waals surface area contributed by atoms with E-state index >= 15 is 0 Å². The number of nitrogens with zero attached hydrogens (tertiary/aromatic N) is 3. The van der Waals surface area contributed by atoms with Crippen molar-refractivity contribution in [3.05, 3.63) is 64.5 Å². The van der Waals surface area contributed by atoms with Crippen molar-refractivity contribution in [2.24, 2.45) is 0 Å². The predicted molar refractivity (Wildman–Crippen MR) is 85.9 cm³/mol. The molecule has 118 valence electrons. The van der Waals surface area contributed by atoms with Gasteiger partial charge in [0.15, 0.2) is 0 Å². The van der Waals surface area contributed by atoms with E-state index in [-0.39, 0.29) is 18.0 Å². The normalized spacial score (nSPS) is 10.9. The van der Waals surface area contributed by atoms with Gasteiger partial charge in [-0.2, -0.15) is 5.10 Å². The monoisotopic (exact) mass is 311 g/mol. The van der Waals surface area contributed by atoms with Crippen LogP contribution in [0.1, 0.15) is 11.5 Å². The van der Waals surface area contributed by atoms with Gasteiger partial charge in [0.1, 0.15) is 18.1 Å². The maximum absolute atomic E-state index is 12.4. The highest BCUT2D eigenvalue weighted by molar-refractivity contribution is 5.81. The fourth-order valence-corrected chi connectivity index (χ4v) is 2.38. The molecular weight excluding hydrogens is 294 g/mol. The number of furan rings is 1. The summed E-state index contributed by atoms with van der Waals surface area (Å²) in [6.45, 7) is 2.11. The number of carbonyl (C=O) groups excluding carboxylic acids is 1. The van der Waals surface area contributed by atoms with Gasteiger partial charge in [0, 0.05) is 12.4 Å². The maximum atomic E-state index is 12.4. The second-order valence-corrected chi connectivity index (χ2v) is 5.46. The largest absolute Gasteiger partial charge is 0.464 e. The molecule has 0 atom stereocenters. The quantitative estimate of drug-likeness (QED) is 0.738. The lowest BCUT2D eigenvalue weighted by Crippen LogP contribution is -2.34. The first-order valence-electron chi connectivity index (χ1n) is 7.29. The number of rotatable bonds is 4. The molecule has 0 saturated heterocycles. The molecule has 23 heavy (non-hydrogen) atoms. The molecule has 3 rings (SSSR count). The summed E-state index contributed by atoms with van der Waals surface area (Å²) in [6.07, 6.45) is 1.60. The first-order chi connectivity index (χ1) is 11.0. The minimum atomic E-state index is -0.265. The molecule has 0 bridgehead atoms. The highest BCUT2D eigenvalue weighted by Crippen LogP contribution is 2.09. The van der Waals surface area contributed by atoms with Crippen molar-refractivity contribution in [2.75, 3.05) is 7.05 Å². The van der Waals surface area contributed by atoms with Crippen molar-refractivity contribution in [3.63, 3.8) is 0 Å². The van der Waals surface area contributed by atoms with E-state index in [1.54, 1.807) is 25.4 Å². The van der Waals surface area contributed by atoms with Crippen LogP contribution in [0, 0.1) is 6.92 Å². The Balaban J connectivity index is 1.77. The average Bonchev–Trinajstić information content (AvgIpc) is 2.95. The van der Waals surface area contributed by atoms with Gasteiger partial charge in [-0.25, -0.2) is 4.68 Å². The van der Waals surface area contributed by atoms with Gasteiger partial charge < -0.3 is 9.32 Å². The molecule has 0 aliphatic heterocycles. The average molecular weight is 311 g/mol. The molecule has 0 spiro atoms. The van der Waals surface area contributed by atoms with Crippen LogP contribution in [-0.2, 0) is 17.9 Å². The first kappa shape index (κ1) is 15.0. The molecule has 2 heterocycles. The highest BCUT2D eigenvalue weighted by Gasteiger charge is 2.14. The predicted octanol–water partition coefficient (Wildman–Crippen LogP) is 1.96. The molecule has 1 aromatic carbocycles. The van der Waals surface area contributed by atoms with E-state index in [1.807, 2.05) is 31.2 Å². The lowest BCUT2D eigenvalue weighted by Gasteiger charge is -2.16. The van der Waals surface area contributed by atoms with E-state index in [2.05, 4.69) is 5.10 Å². The Morgan fingerprint density at radius 1 is 1.26 bits per heavy atom. The van der Waals surface area contributed by atoms with Crippen molar-refractivity contribution >= 4 is 16.7 Å². The van der Waals surface area contributed by atoms with E-state index in [1.165, 1.54) is 9.58 Å². The molecule has 0 unspecified atom stereocenters. The van der Waals surface area contributed by atoms with Crippen LogP contribution in [0.4, 0.5) is 0 Å². The van der Waals surface area contributed by atoms with Crippen molar-refractivity contribution in [1.82, 2.24) is 14.7 Å². The zero-order valence-corrected chi connectivity index (χ0v) is 13.0. The van der Waals surface area contributed by atoms with E-state index in [0.29, 0.717) is 17.7 Å². The van der Waals surface area contributed by atoms with Gasteiger partial charge in [0.25, 0.3) is 5.56 Å². The minimum absolute atomic E-state index is 0.0974. The summed E-state index contributed by atoms with van der Waals surface area (Å²) in [5, 5.41) is 5.39. The molecule has 0 aliphatic carbocycles. The van der Waals surface area contributed by atoms with Crippen molar-refractivity contribution in [3.8, 4) is 0 Å². The Morgan fingerprint density at radius 2 is 2.04 bits per heavy atom. The molecule has 6 nitrogen and oxygen atoms in total. The molecule has 0 radical (unpaired) electrons. The Labute approximate surface area is 132 Å². The van der Waals surface area contributed by atoms with Gasteiger partial charge in [-0.1, -0.05) is 18.2 Å². The van der Waals surface area contributed by atoms with Crippen LogP contribution in [0.2, 0.25) is 0 Å². The van der Waals surface area contributed by atoms with Gasteiger partial charge >= 0.3 is 0 Å². The summed E-state index contributed by atoms with van der Waals surface area (Å²) < 4.78 is 6.65. The van der Waals surface area contributed by atoms with Gasteiger partial charge in [-0.05, 0) is 25.1 Å². The maximum Gasteiger partial charge on any atom is 0.275 e. The molecule has 0 saturated carbocycles. The van der Waals surface area contributed by atoms with Gasteiger partial charge in [-0.15, -0.1) is 0 Å². The number of amides is 1. The van der Waals surface area contributed by atoms with Crippen LogP contribution in [0.15, 0.2) is 51.8 Å². The van der Waals surface area contributed by atoms with E-state index in [4.69, 9.17) is 4.42 Å². The van der Waals surface area contributed by atoms with Crippen LogP contribution in [0.25, 0.3) is 10.8 Å². The van der Waals surface area contributed by atoms with E-state index in [9.17, 15) is 9.59 Å². The number of carbonyl (C=O) groups is 1. The lowest BCUT2D eigenvalue weighted by molar-refractivity contribution is -0.131. The number of aryl methyl sites for hydroxylation is 1. The smallest absolute Gasteiger partial charge is 0.275 e. The topological polar surface area (TPSA) is 68.3 Å². The standard InChI is InChI=1S/C17H17N3O3/c1-12-7-8-14(23-12)10-19(2)16(21)11-20-17(22)15-6-4-3-5-13(15)9-18-20/h3-9H,10-11H2,1-2H3. The van der Waals surface area contributed by atoms with Crippen LogP contribution < -0.4 is 5.56 Å². The second kappa shape index (κ2) is 6.08. The third-order valence-electron chi connectivity index (χ3n) is 3.66. The third kappa shape index (κ3) is 3.15. The van der Waals surface area contributed by atoms with Crippen molar-refractivity contribution in [1.29, 1.82) is 0 Å².